The number of fused-ring (bicyclic) bond motifs is 6. The lowest BCUT2D eigenvalue weighted by atomic mass is 9.86. The molecule has 3 atom stereocenters. The summed E-state index contributed by atoms with van der Waals surface area (Å²) in [6, 6.07) is 12.9. The predicted molar refractivity (Wildman–Crippen MR) is 256 cm³/mol. The Morgan fingerprint density at radius 2 is 1.78 bits per heavy atom. The normalized spacial score (nSPS) is 16.5. The van der Waals surface area contributed by atoms with E-state index in [0.717, 1.165) is 72.5 Å². The number of nitrogens with zero attached hydrogens (tertiary/aromatic N) is 5. The summed E-state index contributed by atoms with van der Waals surface area (Å²) in [6.07, 6.45) is 8.91. The first-order chi connectivity index (χ1) is 33.2. The van der Waals surface area contributed by atoms with Gasteiger partial charge in [-0.25, -0.2) is 33.0 Å². The molecule has 1 unspecified atom stereocenters. The highest BCUT2D eigenvalue weighted by molar-refractivity contribution is 7.90. The van der Waals surface area contributed by atoms with Gasteiger partial charge in [-0.2, -0.15) is 0 Å². The fraction of sp³-hybridized carbons (Fsp3) is 0.440. The van der Waals surface area contributed by atoms with Gasteiger partial charge >= 0.3 is 12.1 Å². The van der Waals surface area contributed by atoms with E-state index in [1.54, 1.807) is 28.5 Å². The topological polar surface area (TPSA) is 253 Å². The predicted octanol–water partition coefficient (Wildman–Crippen LogP) is 4.51. The van der Waals surface area contributed by atoms with Crippen LogP contribution in [-0.4, -0.2) is 95.3 Å². The highest BCUT2D eigenvalue weighted by Gasteiger charge is 2.45. The van der Waals surface area contributed by atoms with Gasteiger partial charge in [-0.15, -0.1) is 0 Å². The van der Waals surface area contributed by atoms with Crippen LogP contribution in [0.2, 0.25) is 0 Å². The number of aromatic nitrogens is 4. The minimum atomic E-state index is -3.46. The molecule has 0 saturated heterocycles. The molecule has 364 valence electrons. The van der Waals surface area contributed by atoms with Gasteiger partial charge in [-0.3, -0.25) is 4.79 Å². The zero-order valence-electron chi connectivity index (χ0n) is 39.1. The summed E-state index contributed by atoms with van der Waals surface area (Å²) in [5.74, 6) is 6.41. The van der Waals surface area contributed by atoms with Gasteiger partial charge < -0.3 is 50.3 Å². The SMILES string of the molecule is CCN(CCc1c2c(nc3cc4c(cc13)OCO4)-c1cc3c(c(=O)n1C2)COC(=O)[C@]3(O)CC)C(=O)OCc1ccc(C(N)[C@H](CCCCN)NCCCCC#Cc2cnc(S(C)(=O)=O)nc2)cc1. The number of nitrogens with two attached hydrogens (primary N) is 2. The van der Waals surface area contributed by atoms with Crippen molar-refractivity contribution in [1.82, 2.24) is 29.7 Å². The number of carbonyl (C=O) groups is 2. The van der Waals surface area contributed by atoms with Crippen molar-refractivity contribution in [3.05, 3.63) is 104 Å². The molecule has 0 aliphatic carbocycles. The number of hydrogen-bond donors (Lipinski definition) is 4. The first-order valence-corrected chi connectivity index (χ1v) is 25.3. The highest BCUT2D eigenvalue weighted by atomic mass is 32.2. The van der Waals surface area contributed by atoms with E-state index in [1.807, 2.05) is 37.3 Å². The lowest BCUT2D eigenvalue weighted by Crippen LogP contribution is -2.44. The number of pyridine rings is 2. The number of amides is 1. The number of unbranched alkanes of at least 4 members (excludes halogenated alkanes) is 3. The number of sulfone groups is 1. The van der Waals surface area contributed by atoms with Crippen molar-refractivity contribution < 1.29 is 42.1 Å². The van der Waals surface area contributed by atoms with Crippen LogP contribution in [0.3, 0.4) is 0 Å². The zero-order chi connectivity index (χ0) is 48.9. The Kier molecular flexibility index (Phi) is 15.0. The number of esters is 1. The molecule has 2 aromatic carbocycles. The zero-order valence-corrected chi connectivity index (χ0v) is 39.9. The molecule has 0 spiro atoms. The smallest absolute Gasteiger partial charge is 0.410 e. The number of aliphatic hydroxyl groups is 1. The van der Waals surface area contributed by atoms with Crippen molar-refractivity contribution >= 4 is 32.8 Å². The molecule has 19 heteroatoms. The summed E-state index contributed by atoms with van der Waals surface area (Å²) in [4.78, 5) is 54.8. The van der Waals surface area contributed by atoms with Gasteiger partial charge in [-0.05, 0) is 87.4 Å². The maximum atomic E-state index is 14.0. The molecule has 5 aromatic rings. The Morgan fingerprint density at radius 1 is 1.03 bits per heavy atom. The molecule has 1 amide bonds. The molecular weight excluding hydrogens is 905 g/mol. The van der Waals surface area contributed by atoms with Crippen LogP contribution in [0, 0.1) is 11.8 Å². The van der Waals surface area contributed by atoms with Crippen molar-refractivity contribution in [2.75, 3.05) is 39.2 Å². The first-order valence-electron chi connectivity index (χ1n) is 23.4. The highest BCUT2D eigenvalue weighted by Crippen LogP contribution is 2.43. The average Bonchev–Trinajstić information content (AvgIpc) is 3.97. The van der Waals surface area contributed by atoms with Crippen LogP contribution in [0.4, 0.5) is 4.79 Å². The Morgan fingerprint density at radius 3 is 2.49 bits per heavy atom. The third kappa shape index (κ3) is 10.5. The van der Waals surface area contributed by atoms with Crippen LogP contribution in [0.5, 0.6) is 11.5 Å². The van der Waals surface area contributed by atoms with Gasteiger partial charge in [0.05, 0.1) is 34.6 Å². The van der Waals surface area contributed by atoms with Crippen molar-refractivity contribution in [3.8, 4) is 34.7 Å². The molecule has 0 saturated carbocycles. The van der Waals surface area contributed by atoms with Crippen molar-refractivity contribution in [3.63, 3.8) is 0 Å². The molecule has 8 rings (SSSR count). The van der Waals surface area contributed by atoms with Gasteiger partial charge in [0.25, 0.3) is 5.56 Å². The number of hydrogen-bond acceptors (Lipinski definition) is 16. The molecular formula is C50H58N8O10S. The molecule has 6 heterocycles. The van der Waals surface area contributed by atoms with Crippen LogP contribution in [-0.2, 0) is 55.9 Å². The maximum Gasteiger partial charge on any atom is 0.410 e. The van der Waals surface area contributed by atoms with Gasteiger partial charge in [0.1, 0.15) is 13.2 Å². The van der Waals surface area contributed by atoms with E-state index in [9.17, 15) is 27.9 Å². The Labute approximate surface area is 400 Å². The van der Waals surface area contributed by atoms with E-state index in [4.69, 9.17) is 35.4 Å². The van der Waals surface area contributed by atoms with Gasteiger partial charge in [0.2, 0.25) is 21.8 Å². The van der Waals surface area contributed by atoms with Crippen LogP contribution in [0.1, 0.15) is 104 Å². The van der Waals surface area contributed by atoms with E-state index in [-0.39, 0.29) is 66.9 Å². The molecule has 3 aliphatic rings. The summed E-state index contributed by atoms with van der Waals surface area (Å²) < 4.78 is 47.3. The maximum absolute atomic E-state index is 14.0. The lowest BCUT2D eigenvalue weighted by molar-refractivity contribution is -0.172. The average molecular weight is 963 g/mol. The third-order valence-corrected chi connectivity index (χ3v) is 13.9. The van der Waals surface area contributed by atoms with E-state index in [1.165, 1.54) is 12.4 Å². The van der Waals surface area contributed by atoms with Crippen molar-refractivity contribution in [1.29, 1.82) is 0 Å². The summed E-state index contributed by atoms with van der Waals surface area (Å²) >= 11 is 0. The number of benzene rings is 2. The van der Waals surface area contributed by atoms with E-state index in [2.05, 4.69) is 27.1 Å². The van der Waals surface area contributed by atoms with Crippen LogP contribution in [0.25, 0.3) is 22.3 Å². The fourth-order valence-electron chi connectivity index (χ4n) is 9.05. The monoisotopic (exact) mass is 962 g/mol. The Hall–Kier alpha value is -6.43. The number of carbonyl (C=O) groups excluding carboxylic acids is 2. The van der Waals surface area contributed by atoms with Crippen LogP contribution >= 0.6 is 0 Å². The fourth-order valence-corrected chi connectivity index (χ4v) is 9.54. The van der Waals surface area contributed by atoms with Crippen molar-refractivity contribution in [2.45, 2.75) is 108 Å². The summed E-state index contributed by atoms with van der Waals surface area (Å²) in [6.45, 7) is 5.68. The Balaban J connectivity index is 0.897. The van der Waals surface area contributed by atoms with Gasteiger partial charge in [0, 0.05) is 72.8 Å². The van der Waals surface area contributed by atoms with Gasteiger partial charge in [0.15, 0.2) is 17.1 Å². The lowest BCUT2D eigenvalue weighted by Gasteiger charge is -2.31. The number of cyclic esters (lactones) is 1. The number of nitrogens with one attached hydrogen (secondary N) is 1. The quantitative estimate of drug-likeness (QED) is 0.0377. The van der Waals surface area contributed by atoms with E-state index in [0.29, 0.717) is 66.4 Å². The largest absolute Gasteiger partial charge is 0.458 e. The molecule has 18 nitrogen and oxygen atoms in total. The molecule has 6 N–H and O–H groups in total. The van der Waals surface area contributed by atoms with E-state index >= 15 is 0 Å². The third-order valence-electron chi connectivity index (χ3n) is 13.0. The molecule has 0 radical (unpaired) electrons. The second-order valence-electron chi connectivity index (χ2n) is 17.5. The molecule has 3 aromatic heterocycles. The summed E-state index contributed by atoms with van der Waals surface area (Å²) in [7, 11) is -3.46. The number of ether oxygens (including phenoxy) is 4. The minimum Gasteiger partial charge on any atom is -0.458 e. The minimum absolute atomic E-state index is 0.0113. The number of rotatable bonds is 19. The van der Waals surface area contributed by atoms with Crippen LogP contribution < -0.4 is 31.8 Å². The molecule has 69 heavy (non-hydrogen) atoms. The standard InChI is InChI=1S/C50H58N8O10S/c1-4-50(62)38-23-41-45-36(27-58(41)46(59)37(38)29-65-47(50)60)34(35-22-42-43(68-30-67-42)24-40(35)56-45)18-21-57(5-2)49(61)66-28-31-14-16-33(17-15-31)44(52)39(13-9-10-19-51)53-20-11-7-6-8-12-32-25-54-48(55-26-32)69(3,63)64/h14-17,22-26,39,44,53,62H,4-7,9-11,13,18-21,27-30,51-52H2,1-3H3/t39-,44?,50-/m0/s1. The molecule has 0 bridgehead atoms. The molecule has 3 aliphatic heterocycles. The first kappa shape index (κ1) is 49.0. The van der Waals surface area contributed by atoms with Crippen LogP contribution in [0.15, 0.2) is 64.8 Å². The number of likely N-dealkylation sites (N-methyl/N-ethyl adjacent to an activating group) is 1. The summed E-state index contributed by atoms with van der Waals surface area (Å²) in [5, 5.41) is 15.6. The second kappa shape index (κ2) is 21.1. The molecule has 0 fully saturated rings. The van der Waals surface area contributed by atoms with E-state index < -0.39 is 27.5 Å². The van der Waals surface area contributed by atoms with Crippen molar-refractivity contribution in [2.24, 2.45) is 11.5 Å². The Bertz CT molecular complexity index is 2970. The second-order valence-corrected chi connectivity index (χ2v) is 19.4. The van der Waals surface area contributed by atoms with Gasteiger partial charge in [-0.1, -0.05) is 49.5 Å². The summed E-state index contributed by atoms with van der Waals surface area (Å²) in [5.41, 5.74) is 16.4.